The van der Waals surface area contributed by atoms with Gasteiger partial charge in [-0.1, -0.05) is 42.5 Å². The van der Waals surface area contributed by atoms with Gasteiger partial charge in [-0.15, -0.1) is 24.0 Å². The van der Waals surface area contributed by atoms with Crippen molar-refractivity contribution < 1.29 is 9.53 Å². The molecular weight excluding hydrogens is 529 g/mol. The second-order valence-electron chi connectivity index (χ2n) is 8.32. The third kappa shape index (κ3) is 7.41. The number of hydrogen-bond donors (Lipinski definition) is 3. The zero-order valence-electron chi connectivity index (χ0n) is 19.2. The van der Waals surface area contributed by atoms with E-state index >= 15 is 0 Å². The number of hydrogen-bond acceptors (Lipinski definition) is 4. The molecule has 2 aliphatic heterocycles. The molecule has 0 aromatic heterocycles. The summed E-state index contributed by atoms with van der Waals surface area (Å²) in [5.41, 5.74) is 4.58. The Morgan fingerprint density at radius 2 is 1.82 bits per heavy atom. The van der Waals surface area contributed by atoms with Gasteiger partial charge in [0, 0.05) is 50.7 Å². The number of ether oxygens (including phenoxy) is 1. The fourth-order valence-corrected chi connectivity index (χ4v) is 4.18. The minimum atomic E-state index is 0. The summed E-state index contributed by atoms with van der Waals surface area (Å²) in [5, 5.41) is 9.70. The van der Waals surface area contributed by atoms with Crippen LogP contribution in [0.25, 0.3) is 0 Å². The molecule has 0 radical (unpaired) electrons. The van der Waals surface area contributed by atoms with Crippen molar-refractivity contribution in [3.05, 3.63) is 65.2 Å². The molecule has 3 N–H and O–H groups in total. The molecule has 2 aliphatic rings. The van der Waals surface area contributed by atoms with Crippen LogP contribution >= 0.6 is 24.0 Å². The number of fused-ring (bicyclic) bond motifs is 1. The maximum absolute atomic E-state index is 12.1. The van der Waals surface area contributed by atoms with Crippen molar-refractivity contribution in [3.8, 4) is 0 Å². The molecule has 1 amide bonds. The molecule has 0 saturated carbocycles. The van der Waals surface area contributed by atoms with Gasteiger partial charge in [-0.25, -0.2) is 4.99 Å². The van der Waals surface area contributed by atoms with E-state index in [1.807, 2.05) is 18.2 Å². The molecule has 1 atom stereocenters. The summed E-state index contributed by atoms with van der Waals surface area (Å²) in [7, 11) is 0. The SMILES string of the molecule is CCNC(=NCc1ccc(CN2CCOCC2)cc1)NCC1CC(=O)Nc2ccccc21.I. The molecular formula is C25H34IN5O2. The number of morpholine rings is 1. The lowest BCUT2D eigenvalue weighted by atomic mass is 9.90. The van der Waals surface area contributed by atoms with Crippen molar-refractivity contribution in [3.63, 3.8) is 0 Å². The number of amides is 1. The Morgan fingerprint density at radius 1 is 1.09 bits per heavy atom. The van der Waals surface area contributed by atoms with Gasteiger partial charge in [0.15, 0.2) is 5.96 Å². The molecule has 2 aromatic carbocycles. The Kier molecular flexibility index (Phi) is 9.95. The minimum Gasteiger partial charge on any atom is -0.379 e. The summed E-state index contributed by atoms with van der Waals surface area (Å²) in [6.45, 7) is 8.71. The second kappa shape index (κ2) is 12.9. The van der Waals surface area contributed by atoms with E-state index in [1.54, 1.807) is 0 Å². The molecule has 1 fully saturated rings. The van der Waals surface area contributed by atoms with Crippen molar-refractivity contribution in [1.29, 1.82) is 0 Å². The number of nitrogens with zero attached hydrogens (tertiary/aromatic N) is 2. The van der Waals surface area contributed by atoms with Crippen LogP contribution in [0.2, 0.25) is 0 Å². The number of benzene rings is 2. The molecule has 4 rings (SSSR count). The first-order valence-electron chi connectivity index (χ1n) is 11.5. The largest absolute Gasteiger partial charge is 0.379 e. The molecule has 2 heterocycles. The van der Waals surface area contributed by atoms with E-state index in [4.69, 9.17) is 9.73 Å². The van der Waals surface area contributed by atoms with Gasteiger partial charge in [0.25, 0.3) is 0 Å². The minimum absolute atomic E-state index is 0. The van der Waals surface area contributed by atoms with Crippen LogP contribution in [0.1, 0.15) is 36.0 Å². The summed E-state index contributed by atoms with van der Waals surface area (Å²) in [4.78, 5) is 19.3. The highest BCUT2D eigenvalue weighted by Gasteiger charge is 2.24. The normalized spacial score (nSPS) is 18.6. The first-order valence-corrected chi connectivity index (χ1v) is 11.5. The first-order chi connectivity index (χ1) is 15.7. The number of carbonyl (C=O) groups excluding carboxylic acids is 1. The Morgan fingerprint density at radius 3 is 2.58 bits per heavy atom. The van der Waals surface area contributed by atoms with Crippen LogP contribution < -0.4 is 16.0 Å². The lowest BCUT2D eigenvalue weighted by Gasteiger charge is -2.26. The molecule has 0 spiro atoms. The predicted molar refractivity (Wildman–Crippen MR) is 143 cm³/mol. The summed E-state index contributed by atoms with van der Waals surface area (Å²) in [5.74, 6) is 0.964. The van der Waals surface area contributed by atoms with E-state index in [0.29, 0.717) is 19.5 Å². The fraction of sp³-hybridized carbons (Fsp3) is 0.440. The van der Waals surface area contributed by atoms with E-state index in [-0.39, 0.29) is 35.8 Å². The van der Waals surface area contributed by atoms with Crippen molar-refractivity contribution >= 4 is 41.5 Å². The van der Waals surface area contributed by atoms with Crippen molar-refractivity contribution in [2.45, 2.75) is 32.4 Å². The maximum Gasteiger partial charge on any atom is 0.225 e. The molecule has 0 bridgehead atoms. The van der Waals surface area contributed by atoms with Crippen LogP contribution in [0.15, 0.2) is 53.5 Å². The monoisotopic (exact) mass is 563 g/mol. The van der Waals surface area contributed by atoms with Gasteiger partial charge >= 0.3 is 0 Å². The lowest BCUT2D eigenvalue weighted by molar-refractivity contribution is -0.116. The van der Waals surface area contributed by atoms with Gasteiger partial charge < -0.3 is 20.7 Å². The molecule has 8 heteroatoms. The molecule has 33 heavy (non-hydrogen) atoms. The molecule has 1 saturated heterocycles. The van der Waals surface area contributed by atoms with E-state index in [9.17, 15) is 4.79 Å². The maximum atomic E-state index is 12.1. The van der Waals surface area contributed by atoms with Crippen LogP contribution in [0.3, 0.4) is 0 Å². The van der Waals surface area contributed by atoms with Crippen molar-refractivity contribution in [1.82, 2.24) is 15.5 Å². The van der Waals surface area contributed by atoms with Gasteiger partial charge in [-0.3, -0.25) is 9.69 Å². The Hall–Kier alpha value is -2.17. The number of nitrogens with one attached hydrogen (secondary N) is 3. The average molecular weight is 563 g/mol. The number of rotatable bonds is 7. The number of guanidine groups is 1. The number of anilines is 1. The number of aliphatic imine (C=N–C) groups is 1. The van der Waals surface area contributed by atoms with Crippen LogP contribution in [0, 0.1) is 0 Å². The Bertz CT molecular complexity index is 929. The molecule has 178 valence electrons. The third-order valence-electron chi connectivity index (χ3n) is 5.92. The lowest BCUT2D eigenvalue weighted by Crippen LogP contribution is -2.40. The molecule has 0 aliphatic carbocycles. The van der Waals surface area contributed by atoms with E-state index in [1.165, 1.54) is 16.7 Å². The zero-order valence-corrected chi connectivity index (χ0v) is 21.5. The quantitative estimate of drug-likeness (QED) is 0.274. The number of halogens is 1. The Labute approximate surface area is 213 Å². The summed E-state index contributed by atoms with van der Waals surface area (Å²) < 4.78 is 5.42. The van der Waals surface area contributed by atoms with Crippen LogP contribution in [-0.4, -0.2) is 56.2 Å². The van der Waals surface area contributed by atoms with Crippen LogP contribution in [0.5, 0.6) is 0 Å². The highest BCUT2D eigenvalue weighted by molar-refractivity contribution is 14.0. The first kappa shape index (κ1) is 25.5. The predicted octanol–water partition coefficient (Wildman–Crippen LogP) is 3.32. The number of para-hydroxylation sites is 1. The van der Waals surface area contributed by atoms with E-state index in [0.717, 1.165) is 51.0 Å². The average Bonchev–Trinajstić information content (AvgIpc) is 2.82. The third-order valence-corrected chi connectivity index (χ3v) is 5.92. The van der Waals surface area contributed by atoms with Gasteiger partial charge in [0.05, 0.1) is 19.8 Å². The number of carbonyl (C=O) groups is 1. The zero-order chi connectivity index (χ0) is 22.2. The van der Waals surface area contributed by atoms with Gasteiger partial charge in [-0.2, -0.15) is 0 Å². The van der Waals surface area contributed by atoms with Gasteiger partial charge in [0.2, 0.25) is 5.91 Å². The van der Waals surface area contributed by atoms with E-state index in [2.05, 4.69) is 58.1 Å². The topological polar surface area (TPSA) is 78.0 Å². The van der Waals surface area contributed by atoms with E-state index < -0.39 is 0 Å². The highest BCUT2D eigenvalue weighted by Crippen LogP contribution is 2.31. The van der Waals surface area contributed by atoms with Gasteiger partial charge in [0.1, 0.15) is 0 Å². The molecule has 7 nitrogen and oxygen atoms in total. The standard InChI is InChI=1S/C25H33N5O2.HI/c1-2-26-25(28-17-21-15-24(31)29-23-6-4-3-5-22(21)23)27-16-19-7-9-20(10-8-19)18-30-11-13-32-14-12-30;/h3-10,21H,2,11-18H2,1H3,(H,29,31)(H2,26,27,28);1H. The highest BCUT2D eigenvalue weighted by atomic mass is 127. The summed E-state index contributed by atoms with van der Waals surface area (Å²) in [6.07, 6.45) is 0.480. The fourth-order valence-electron chi connectivity index (χ4n) is 4.18. The summed E-state index contributed by atoms with van der Waals surface area (Å²) in [6, 6.07) is 16.7. The smallest absolute Gasteiger partial charge is 0.225 e. The van der Waals surface area contributed by atoms with Gasteiger partial charge in [-0.05, 0) is 29.7 Å². The van der Waals surface area contributed by atoms with Crippen LogP contribution in [-0.2, 0) is 22.6 Å². The molecule has 1 unspecified atom stereocenters. The molecule has 2 aromatic rings. The summed E-state index contributed by atoms with van der Waals surface area (Å²) >= 11 is 0. The van der Waals surface area contributed by atoms with Crippen molar-refractivity contribution in [2.75, 3.05) is 44.7 Å². The van der Waals surface area contributed by atoms with Crippen molar-refractivity contribution in [2.24, 2.45) is 4.99 Å². The van der Waals surface area contributed by atoms with Crippen LogP contribution in [0.4, 0.5) is 5.69 Å². The Balaban J connectivity index is 0.00000306. The second-order valence-corrected chi connectivity index (χ2v) is 8.32.